The van der Waals surface area contributed by atoms with E-state index < -0.39 is 0 Å². The van der Waals surface area contributed by atoms with E-state index in [2.05, 4.69) is 11.8 Å². The first-order valence-corrected chi connectivity index (χ1v) is 9.45. The molecule has 3 heterocycles. The second-order valence-corrected chi connectivity index (χ2v) is 7.40. The van der Waals surface area contributed by atoms with Crippen LogP contribution >= 0.6 is 0 Å². The normalized spacial score (nSPS) is 28.6. The van der Waals surface area contributed by atoms with Crippen molar-refractivity contribution in [3.05, 3.63) is 0 Å². The average Bonchev–Trinajstić information content (AvgIpc) is 3.17. The van der Waals surface area contributed by atoms with Gasteiger partial charge in [0, 0.05) is 38.1 Å². The van der Waals surface area contributed by atoms with Crippen LogP contribution in [0.25, 0.3) is 0 Å². The van der Waals surface area contributed by atoms with Gasteiger partial charge in [0.15, 0.2) is 0 Å². The van der Waals surface area contributed by atoms with E-state index in [0.29, 0.717) is 18.5 Å². The van der Waals surface area contributed by atoms with Crippen LogP contribution < -0.4 is 0 Å². The Bertz CT molecular complexity index is 446. The molecule has 0 N–H and O–H groups in total. The summed E-state index contributed by atoms with van der Waals surface area (Å²) in [4.78, 5) is 31.3. The Morgan fingerprint density at radius 2 is 1.87 bits per heavy atom. The van der Waals surface area contributed by atoms with E-state index in [1.165, 1.54) is 19.4 Å². The zero-order valence-corrected chi connectivity index (χ0v) is 14.7. The molecular weight excluding hydrogens is 290 g/mol. The van der Waals surface area contributed by atoms with Crippen LogP contribution in [-0.4, -0.2) is 70.8 Å². The number of hydrogen-bond acceptors (Lipinski definition) is 3. The summed E-state index contributed by atoms with van der Waals surface area (Å²) in [5, 5.41) is 0. The van der Waals surface area contributed by atoms with Crippen LogP contribution in [0.5, 0.6) is 0 Å². The lowest BCUT2D eigenvalue weighted by atomic mass is 10.0. The quantitative estimate of drug-likeness (QED) is 0.794. The van der Waals surface area contributed by atoms with Crippen LogP contribution in [0.4, 0.5) is 0 Å². The maximum atomic E-state index is 12.9. The number of carbonyl (C=O) groups excluding carboxylic acids is 2. The molecule has 0 aromatic rings. The lowest BCUT2D eigenvalue weighted by Crippen LogP contribution is -2.53. The van der Waals surface area contributed by atoms with Crippen molar-refractivity contribution >= 4 is 11.8 Å². The van der Waals surface area contributed by atoms with Crippen LogP contribution in [0.2, 0.25) is 0 Å². The first kappa shape index (κ1) is 16.7. The summed E-state index contributed by atoms with van der Waals surface area (Å²) >= 11 is 0. The molecule has 3 aliphatic heterocycles. The molecule has 0 aliphatic carbocycles. The predicted octanol–water partition coefficient (Wildman–Crippen LogP) is 1.86. The molecule has 2 amide bonds. The zero-order valence-electron chi connectivity index (χ0n) is 14.7. The molecule has 23 heavy (non-hydrogen) atoms. The molecule has 0 aromatic heterocycles. The van der Waals surface area contributed by atoms with Crippen LogP contribution in [-0.2, 0) is 9.59 Å². The van der Waals surface area contributed by atoms with Crippen molar-refractivity contribution in [2.24, 2.45) is 0 Å². The van der Waals surface area contributed by atoms with Gasteiger partial charge in [-0.25, -0.2) is 0 Å². The molecule has 3 fully saturated rings. The minimum atomic E-state index is -0.229. The Morgan fingerprint density at radius 1 is 1.13 bits per heavy atom. The molecular formula is C18H31N3O2. The summed E-state index contributed by atoms with van der Waals surface area (Å²) in [6.07, 6.45) is 7.04. The highest BCUT2D eigenvalue weighted by Crippen LogP contribution is 2.26. The van der Waals surface area contributed by atoms with Gasteiger partial charge in [0.05, 0.1) is 0 Å². The molecule has 2 atom stereocenters. The van der Waals surface area contributed by atoms with Gasteiger partial charge in [-0.1, -0.05) is 6.92 Å². The number of likely N-dealkylation sites (tertiary alicyclic amines) is 3. The van der Waals surface area contributed by atoms with Crippen molar-refractivity contribution in [3.63, 3.8) is 0 Å². The third kappa shape index (κ3) is 3.39. The summed E-state index contributed by atoms with van der Waals surface area (Å²) in [7, 11) is 0. The van der Waals surface area contributed by atoms with Crippen LogP contribution in [0, 0.1) is 0 Å². The fourth-order valence-electron chi connectivity index (χ4n) is 4.65. The van der Waals surface area contributed by atoms with Gasteiger partial charge in [-0.2, -0.15) is 0 Å². The van der Waals surface area contributed by atoms with E-state index in [4.69, 9.17) is 0 Å². The molecule has 0 bridgehead atoms. The van der Waals surface area contributed by atoms with E-state index >= 15 is 0 Å². The number of nitrogens with zero attached hydrogens (tertiary/aromatic N) is 3. The van der Waals surface area contributed by atoms with Gasteiger partial charge in [0.25, 0.3) is 0 Å². The number of piperidine rings is 1. The van der Waals surface area contributed by atoms with Crippen LogP contribution in [0.1, 0.15) is 58.8 Å². The van der Waals surface area contributed by atoms with Gasteiger partial charge in [0.2, 0.25) is 11.8 Å². The molecule has 3 rings (SSSR count). The molecule has 130 valence electrons. The van der Waals surface area contributed by atoms with Crippen molar-refractivity contribution in [3.8, 4) is 0 Å². The second kappa shape index (κ2) is 7.20. The summed E-state index contributed by atoms with van der Waals surface area (Å²) < 4.78 is 0. The van der Waals surface area contributed by atoms with E-state index in [-0.39, 0.29) is 17.9 Å². The lowest BCUT2D eigenvalue weighted by Gasteiger charge is -2.40. The lowest BCUT2D eigenvalue weighted by molar-refractivity contribution is -0.144. The Morgan fingerprint density at radius 3 is 2.39 bits per heavy atom. The third-order valence-corrected chi connectivity index (χ3v) is 6.01. The SMILES string of the molecule is CCC(C(=O)N1CCC(N2CCCC2C)CC1)N1CCCC1=O. The topological polar surface area (TPSA) is 43.9 Å². The molecule has 0 aromatic carbocycles. The molecule has 5 nitrogen and oxygen atoms in total. The zero-order chi connectivity index (χ0) is 16.4. The standard InChI is InChI=1S/C18H31N3O2/c1-3-16(21-11-5-7-17(21)22)18(23)19-12-8-15(9-13-19)20-10-4-6-14(20)2/h14-16H,3-13H2,1-2H3. The molecule has 0 saturated carbocycles. The van der Waals surface area contributed by atoms with Gasteiger partial charge < -0.3 is 9.80 Å². The summed E-state index contributed by atoms with van der Waals surface area (Å²) in [5.74, 6) is 0.335. The van der Waals surface area contributed by atoms with Crippen molar-refractivity contribution < 1.29 is 9.59 Å². The smallest absolute Gasteiger partial charge is 0.245 e. The van der Waals surface area contributed by atoms with Gasteiger partial charge in [-0.3, -0.25) is 14.5 Å². The van der Waals surface area contributed by atoms with Crippen LogP contribution in [0.3, 0.4) is 0 Å². The van der Waals surface area contributed by atoms with Gasteiger partial charge in [-0.15, -0.1) is 0 Å². The minimum Gasteiger partial charge on any atom is -0.341 e. The van der Waals surface area contributed by atoms with Crippen LogP contribution in [0.15, 0.2) is 0 Å². The Kier molecular flexibility index (Phi) is 5.24. The first-order chi connectivity index (χ1) is 11.1. The third-order valence-electron chi connectivity index (χ3n) is 6.01. The van der Waals surface area contributed by atoms with Crippen molar-refractivity contribution in [1.29, 1.82) is 0 Å². The minimum absolute atomic E-state index is 0.158. The van der Waals surface area contributed by atoms with Crippen molar-refractivity contribution in [1.82, 2.24) is 14.7 Å². The maximum Gasteiger partial charge on any atom is 0.245 e. The summed E-state index contributed by atoms with van der Waals surface area (Å²) in [6.45, 7) is 8.03. The first-order valence-electron chi connectivity index (χ1n) is 9.45. The van der Waals surface area contributed by atoms with Crippen molar-refractivity contribution in [2.45, 2.75) is 76.9 Å². The Balaban J connectivity index is 1.55. The molecule has 0 radical (unpaired) electrons. The second-order valence-electron chi connectivity index (χ2n) is 7.40. The fraction of sp³-hybridized carbons (Fsp3) is 0.889. The fourth-order valence-corrected chi connectivity index (χ4v) is 4.65. The molecule has 3 aliphatic rings. The van der Waals surface area contributed by atoms with Crippen molar-refractivity contribution in [2.75, 3.05) is 26.2 Å². The maximum absolute atomic E-state index is 12.9. The number of hydrogen-bond donors (Lipinski definition) is 0. The number of rotatable bonds is 4. The van der Waals surface area contributed by atoms with E-state index in [1.54, 1.807) is 0 Å². The summed E-state index contributed by atoms with van der Waals surface area (Å²) in [5.41, 5.74) is 0. The largest absolute Gasteiger partial charge is 0.341 e. The molecule has 3 saturated heterocycles. The monoisotopic (exact) mass is 321 g/mol. The highest BCUT2D eigenvalue weighted by atomic mass is 16.2. The molecule has 5 heteroatoms. The summed E-state index contributed by atoms with van der Waals surface area (Å²) in [6, 6.07) is 1.12. The van der Waals surface area contributed by atoms with Gasteiger partial charge >= 0.3 is 0 Å². The number of amides is 2. The number of carbonyl (C=O) groups is 2. The molecule has 0 spiro atoms. The van der Waals surface area contributed by atoms with Gasteiger partial charge in [-0.05, 0) is 52.0 Å². The Labute approximate surface area is 140 Å². The van der Waals surface area contributed by atoms with E-state index in [9.17, 15) is 9.59 Å². The predicted molar refractivity (Wildman–Crippen MR) is 90.0 cm³/mol. The molecule has 2 unspecified atom stereocenters. The van der Waals surface area contributed by atoms with Gasteiger partial charge in [0.1, 0.15) is 6.04 Å². The van der Waals surface area contributed by atoms with E-state index in [1.807, 2.05) is 16.7 Å². The highest BCUT2D eigenvalue weighted by Gasteiger charge is 2.37. The average molecular weight is 321 g/mol. The highest BCUT2D eigenvalue weighted by molar-refractivity contribution is 5.88. The van der Waals surface area contributed by atoms with E-state index in [0.717, 1.165) is 45.3 Å². The Hall–Kier alpha value is -1.10.